The molecule has 0 radical (unpaired) electrons. The molecule has 0 aliphatic heterocycles. The van der Waals surface area contributed by atoms with Crippen LogP contribution in [0.4, 0.5) is 0 Å². The summed E-state index contributed by atoms with van der Waals surface area (Å²) < 4.78 is 10.9. The van der Waals surface area contributed by atoms with Crippen LogP contribution in [0.3, 0.4) is 0 Å². The maximum Gasteiger partial charge on any atom is 0.251 e. The van der Waals surface area contributed by atoms with E-state index in [1.54, 1.807) is 24.3 Å². The number of ether oxygens (including phenoxy) is 2. The van der Waals surface area contributed by atoms with Gasteiger partial charge in [0.2, 0.25) is 0 Å². The Kier molecular flexibility index (Phi) is 8.24. The van der Waals surface area contributed by atoms with Crippen LogP contribution in [-0.2, 0) is 0 Å². The SMILES string of the molecule is CCOc1ccc(C(=O)NCC2(C)CC(NC(=O)c3ccc(OCC)cc3)CC(C)(C)C2)cc1. The van der Waals surface area contributed by atoms with Gasteiger partial charge in [-0.2, -0.15) is 0 Å². The van der Waals surface area contributed by atoms with Crippen LogP contribution < -0.4 is 20.1 Å². The van der Waals surface area contributed by atoms with E-state index >= 15 is 0 Å². The standard InChI is InChI=1S/C28H38N2O4/c1-6-33-23-12-8-20(9-13-23)25(31)29-19-28(5)17-22(16-27(3,4)18-28)30-26(32)21-10-14-24(15-11-21)34-7-2/h8-15,22H,6-7,16-19H2,1-5H3,(H,29,31)(H,30,32). The van der Waals surface area contributed by atoms with E-state index < -0.39 is 0 Å². The molecule has 6 nitrogen and oxygen atoms in total. The normalized spacial score (nSPS) is 21.4. The van der Waals surface area contributed by atoms with Gasteiger partial charge in [-0.05, 0) is 92.5 Å². The first-order valence-electron chi connectivity index (χ1n) is 12.2. The van der Waals surface area contributed by atoms with Crippen molar-refractivity contribution < 1.29 is 19.1 Å². The predicted molar refractivity (Wildman–Crippen MR) is 135 cm³/mol. The van der Waals surface area contributed by atoms with Gasteiger partial charge in [0.15, 0.2) is 0 Å². The first-order valence-corrected chi connectivity index (χ1v) is 12.2. The van der Waals surface area contributed by atoms with Gasteiger partial charge in [0.1, 0.15) is 11.5 Å². The van der Waals surface area contributed by atoms with Gasteiger partial charge in [0.25, 0.3) is 11.8 Å². The molecular weight excluding hydrogens is 428 g/mol. The van der Waals surface area contributed by atoms with Crippen LogP contribution in [0, 0.1) is 10.8 Å². The van der Waals surface area contributed by atoms with E-state index in [0.717, 1.165) is 30.8 Å². The number of nitrogens with one attached hydrogen (secondary N) is 2. The number of benzene rings is 2. The Morgan fingerprint density at radius 2 is 1.32 bits per heavy atom. The van der Waals surface area contributed by atoms with Crippen molar-refractivity contribution >= 4 is 11.8 Å². The van der Waals surface area contributed by atoms with Crippen LogP contribution in [0.1, 0.15) is 74.6 Å². The first kappa shape index (κ1) is 25.6. The number of amides is 2. The highest BCUT2D eigenvalue weighted by Crippen LogP contribution is 2.45. The van der Waals surface area contributed by atoms with Crippen molar-refractivity contribution in [1.29, 1.82) is 0 Å². The van der Waals surface area contributed by atoms with Gasteiger partial charge in [-0.15, -0.1) is 0 Å². The number of rotatable bonds is 9. The molecule has 184 valence electrons. The molecule has 1 aliphatic carbocycles. The van der Waals surface area contributed by atoms with Crippen molar-refractivity contribution in [2.45, 2.75) is 59.9 Å². The fraction of sp³-hybridized carbons (Fsp3) is 0.500. The van der Waals surface area contributed by atoms with Gasteiger partial charge in [-0.1, -0.05) is 20.8 Å². The van der Waals surface area contributed by atoms with Crippen molar-refractivity contribution in [3.05, 3.63) is 59.7 Å². The summed E-state index contributed by atoms with van der Waals surface area (Å²) in [6.07, 6.45) is 2.68. The van der Waals surface area contributed by atoms with Crippen LogP contribution in [0.25, 0.3) is 0 Å². The van der Waals surface area contributed by atoms with E-state index in [1.165, 1.54) is 0 Å². The largest absolute Gasteiger partial charge is 0.494 e. The second-order valence-electron chi connectivity index (χ2n) is 10.3. The molecule has 1 saturated carbocycles. The highest BCUT2D eigenvalue weighted by atomic mass is 16.5. The molecule has 0 spiro atoms. The Hall–Kier alpha value is -3.02. The average Bonchev–Trinajstić information content (AvgIpc) is 2.77. The Morgan fingerprint density at radius 1 is 0.824 bits per heavy atom. The highest BCUT2D eigenvalue weighted by Gasteiger charge is 2.42. The molecule has 2 amide bonds. The van der Waals surface area contributed by atoms with E-state index in [9.17, 15) is 9.59 Å². The zero-order valence-corrected chi connectivity index (χ0v) is 21.1. The summed E-state index contributed by atoms with van der Waals surface area (Å²) in [6.45, 7) is 12.3. The third kappa shape index (κ3) is 6.99. The van der Waals surface area contributed by atoms with Gasteiger partial charge in [-0.25, -0.2) is 0 Å². The fourth-order valence-corrected chi connectivity index (χ4v) is 5.27. The molecule has 0 bridgehead atoms. The lowest BCUT2D eigenvalue weighted by Gasteiger charge is -2.47. The summed E-state index contributed by atoms with van der Waals surface area (Å²) in [4.78, 5) is 25.6. The van der Waals surface area contributed by atoms with Crippen LogP contribution in [0.15, 0.2) is 48.5 Å². The summed E-state index contributed by atoms with van der Waals surface area (Å²) in [7, 11) is 0. The fourth-order valence-electron chi connectivity index (χ4n) is 5.27. The van der Waals surface area contributed by atoms with Gasteiger partial charge >= 0.3 is 0 Å². The maximum atomic E-state index is 12.9. The van der Waals surface area contributed by atoms with E-state index in [0.29, 0.717) is 30.9 Å². The molecule has 2 N–H and O–H groups in total. The van der Waals surface area contributed by atoms with Crippen molar-refractivity contribution in [3.63, 3.8) is 0 Å². The van der Waals surface area contributed by atoms with E-state index in [2.05, 4.69) is 31.4 Å². The minimum absolute atomic E-state index is 0.0372. The predicted octanol–water partition coefficient (Wildman–Crippen LogP) is 5.23. The summed E-state index contributed by atoms with van der Waals surface area (Å²) >= 11 is 0. The zero-order valence-electron chi connectivity index (χ0n) is 21.1. The topological polar surface area (TPSA) is 76.7 Å². The number of hydrogen-bond donors (Lipinski definition) is 2. The summed E-state index contributed by atoms with van der Waals surface area (Å²) in [6, 6.07) is 14.5. The van der Waals surface area contributed by atoms with E-state index in [4.69, 9.17) is 9.47 Å². The monoisotopic (exact) mass is 466 g/mol. The molecule has 6 heteroatoms. The minimum Gasteiger partial charge on any atom is -0.494 e. The van der Waals surface area contributed by atoms with Crippen molar-refractivity contribution in [3.8, 4) is 11.5 Å². The molecule has 3 rings (SSSR count). The minimum atomic E-state index is -0.126. The van der Waals surface area contributed by atoms with Gasteiger partial charge < -0.3 is 20.1 Å². The molecule has 2 atom stereocenters. The zero-order chi connectivity index (χ0) is 24.8. The maximum absolute atomic E-state index is 12.9. The number of hydrogen-bond acceptors (Lipinski definition) is 4. The molecule has 0 heterocycles. The Morgan fingerprint density at radius 3 is 1.82 bits per heavy atom. The van der Waals surface area contributed by atoms with Crippen LogP contribution in [0.5, 0.6) is 11.5 Å². The van der Waals surface area contributed by atoms with Gasteiger partial charge in [0, 0.05) is 23.7 Å². The average molecular weight is 467 g/mol. The van der Waals surface area contributed by atoms with Crippen LogP contribution >= 0.6 is 0 Å². The molecule has 0 saturated heterocycles. The lowest BCUT2D eigenvalue weighted by atomic mass is 9.62. The van der Waals surface area contributed by atoms with E-state index in [1.807, 2.05) is 38.1 Å². The third-order valence-corrected chi connectivity index (χ3v) is 6.31. The summed E-state index contributed by atoms with van der Waals surface area (Å²) in [5.41, 5.74) is 1.16. The Balaban J connectivity index is 1.61. The molecule has 2 unspecified atom stereocenters. The summed E-state index contributed by atoms with van der Waals surface area (Å²) in [5, 5.41) is 6.34. The van der Waals surface area contributed by atoms with Crippen LogP contribution in [-0.4, -0.2) is 37.6 Å². The number of carbonyl (C=O) groups excluding carboxylic acids is 2. The third-order valence-electron chi connectivity index (χ3n) is 6.31. The molecule has 2 aromatic rings. The second kappa shape index (κ2) is 10.9. The molecule has 34 heavy (non-hydrogen) atoms. The smallest absolute Gasteiger partial charge is 0.251 e. The first-order chi connectivity index (χ1) is 16.1. The van der Waals surface area contributed by atoms with Crippen molar-refractivity contribution in [1.82, 2.24) is 10.6 Å². The van der Waals surface area contributed by atoms with Crippen molar-refractivity contribution in [2.75, 3.05) is 19.8 Å². The molecule has 0 aromatic heterocycles. The number of carbonyl (C=O) groups is 2. The molecule has 1 fully saturated rings. The second-order valence-corrected chi connectivity index (χ2v) is 10.3. The van der Waals surface area contributed by atoms with Gasteiger partial charge in [0.05, 0.1) is 13.2 Å². The van der Waals surface area contributed by atoms with Crippen molar-refractivity contribution in [2.24, 2.45) is 10.8 Å². The van der Waals surface area contributed by atoms with Gasteiger partial charge in [-0.3, -0.25) is 9.59 Å². The molecular formula is C28H38N2O4. The quantitative estimate of drug-likeness (QED) is 0.531. The Labute approximate surface area is 203 Å². The molecule has 2 aromatic carbocycles. The van der Waals surface area contributed by atoms with E-state index in [-0.39, 0.29) is 28.7 Å². The summed E-state index contributed by atoms with van der Waals surface area (Å²) in [5.74, 6) is 1.34. The lowest BCUT2D eigenvalue weighted by Crippen LogP contribution is -2.50. The lowest BCUT2D eigenvalue weighted by molar-refractivity contribution is 0.0592. The van der Waals surface area contributed by atoms with Crippen LogP contribution in [0.2, 0.25) is 0 Å². The molecule has 1 aliphatic rings. The Bertz CT molecular complexity index is 969. The highest BCUT2D eigenvalue weighted by molar-refractivity contribution is 5.95.